The van der Waals surface area contributed by atoms with Crippen LogP contribution in [0.1, 0.15) is 27.0 Å². The van der Waals surface area contributed by atoms with Crippen LogP contribution in [0.4, 0.5) is 17.6 Å². The molecular formula is C17H9F4N2O4-. The third-order valence-corrected chi connectivity index (χ3v) is 3.85. The molecule has 0 amide bonds. The number of carboxylic acids is 1. The molecular weight excluding hydrogens is 372 g/mol. The summed E-state index contributed by atoms with van der Waals surface area (Å²) in [6.07, 6.45) is -3.97. The molecule has 0 fully saturated rings. The lowest BCUT2D eigenvalue weighted by molar-refractivity contribution is -0.266. The van der Waals surface area contributed by atoms with E-state index >= 15 is 0 Å². The highest BCUT2D eigenvalue weighted by Gasteiger charge is 2.33. The number of pyridine rings is 2. The number of halogens is 4. The minimum absolute atomic E-state index is 0.108. The third-order valence-electron chi connectivity index (χ3n) is 3.85. The molecule has 2 N–H and O–H groups in total. The molecule has 0 saturated heterocycles. The fourth-order valence-corrected chi connectivity index (χ4v) is 2.67. The van der Waals surface area contributed by atoms with Crippen LogP contribution in [-0.4, -0.2) is 21.0 Å². The molecule has 0 aliphatic carbocycles. The van der Waals surface area contributed by atoms with Crippen molar-refractivity contribution in [2.45, 2.75) is 12.6 Å². The highest BCUT2D eigenvalue weighted by molar-refractivity contribution is 5.96. The van der Waals surface area contributed by atoms with Crippen molar-refractivity contribution in [3.8, 4) is 5.75 Å². The van der Waals surface area contributed by atoms with Gasteiger partial charge in [0.15, 0.2) is 0 Å². The second-order valence-electron chi connectivity index (χ2n) is 5.68. The summed E-state index contributed by atoms with van der Waals surface area (Å²) in [4.78, 5) is 28.7. The minimum Gasteiger partial charge on any atom is -0.870 e. The number of nitrogens with zero attached hydrogens (tertiary/aromatic N) is 1. The summed E-state index contributed by atoms with van der Waals surface area (Å²) in [6, 6.07) is 3.47. The second-order valence-corrected chi connectivity index (χ2v) is 5.68. The van der Waals surface area contributed by atoms with E-state index in [1.165, 1.54) is 6.07 Å². The quantitative estimate of drug-likeness (QED) is 0.678. The van der Waals surface area contributed by atoms with E-state index in [9.17, 15) is 32.3 Å². The van der Waals surface area contributed by atoms with Gasteiger partial charge in [-0.3, -0.25) is 9.78 Å². The molecule has 0 aliphatic heterocycles. The van der Waals surface area contributed by atoms with E-state index in [-0.39, 0.29) is 28.6 Å². The number of benzene rings is 1. The van der Waals surface area contributed by atoms with Crippen molar-refractivity contribution in [1.29, 1.82) is 0 Å². The standard InChI is InChI=1S/C17H10F4N2O4/c18-9-2-1-8(10(5-9)17(19,20)21)3-7-4-11-13(22-6-7)14(24)12(16(26)27)15(25)23-11/h1-2,4-6H,3H2,(H,26,27)(H2,23,24,25)/p-1. The Labute approximate surface area is 147 Å². The number of alkyl halides is 3. The summed E-state index contributed by atoms with van der Waals surface area (Å²) in [5, 5.41) is 20.9. The SMILES string of the molecule is O=C(O)c1c([O-])c2ncc(Cc3ccc(F)cc3C(F)(F)F)cc2[nH]c1=O. The van der Waals surface area contributed by atoms with E-state index in [0.717, 1.165) is 18.3 Å². The maximum Gasteiger partial charge on any atom is 0.416 e. The zero-order valence-corrected chi connectivity index (χ0v) is 13.2. The lowest BCUT2D eigenvalue weighted by Crippen LogP contribution is -2.21. The highest BCUT2D eigenvalue weighted by atomic mass is 19.4. The van der Waals surface area contributed by atoms with E-state index in [0.29, 0.717) is 6.07 Å². The topological polar surface area (TPSA) is 106 Å². The monoisotopic (exact) mass is 381 g/mol. The molecule has 0 saturated carbocycles. The van der Waals surface area contributed by atoms with Gasteiger partial charge < -0.3 is 15.2 Å². The van der Waals surface area contributed by atoms with Gasteiger partial charge in [-0.25, -0.2) is 9.18 Å². The molecule has 3 rings (SSSR count). The predicted octanol–water partition coefficient (Wildman–Crippen LogP) is 2.44. The minimum atomic E-state index is -4.77. The molecule has 0 bridgehead atoms. The van der Waals surface area contributed by atoms with Gasteiger partial charge >= 0.3 is 12.1 Å². The molecule has 6 nitrogen and oxygen atoms in total. The molecule has 0 spiro atoms. The zero-order valence-electron chi connectivity index (χ0n) is 13.2. The summed E-state index contributed by atoms with van der Waals surface area (Å²) >= 11 is 0. The maximum atomic E-state index is 13.2. The van der Waals surface area contributed by atoms with Gasteiger partial charge in [0.1, 0.15) is 11.4 Å². The molecule has 3 aromatic rings. The number of aromatic carboxylic acids is 1. The predicted molar refractivity (Wildman–Crippen MR) is 83.0 cm³/mol. The number of aromatic nitrogens is 2. The average molecular weight is 381 g/mol. The van der Waals surface area contributed by atoms with Crippen LogP contribution in [0.5, 0.6) is 5.75 Å². The van der Waals surface area contributed by atoms with E-state index in [1.807, 2.05) is 0 Å². The van der Waals surface area contributed by atoms with Gasteiger partial charge in [0, 0.05) is 6.20 Å². The molecule has 2 heterocycles. The van der Waals surface area contributed by atoms with E-state index < -0.39 is 40.4 Å². The Morgan fingerprint density at radius 3 is 2.59 bits per heavy atom. The van der Waals surface area contributed by atoms with Crippen LogP contribution < -0.4 is 10.7 Å². The van der Waals surface area contributed by atoms with Crippen LogP contribution in [0.25, 0.3) is 11.0 Å². The number of hydrogen-bond acceptors (Lipinski definition) is 4. The number of rotatable bonds is 3. The number of nitrogens with one attached hydrogen (secondary N) is 1. The number of hydrogen-bond donors (Lipinski definition) is 2. The normalized spacial score (nSPS) is 11.7. The Bertz CT molecular complexity index is 1120. The van der Waals surface area contributed by atoms with Crippen molar-refractivity contribution in [2.75, 3.05) is 0 Å². The molecule has 0 aliphatic rings. The van der Waals surface area contributed by atoms with Crippen molar-refractivity contribution in [1.82, 2.24) is 9.97 Å². The van der Waals surface area contributed by atoms with Crippen LogP contribution in [-0.2, 0) is 12.6 Å². The Morgan fingerprint density at radius 1 is 1.26 bits per heavy atom. The van der Waals surface area contributed by atoms with Crippen molar-refractivity contribution in [3.05, 3.63) is 68.9 Å². The number of aromatic amines is 1. The third kappa shape index (κ3) is 3.46. The summed E-state index contributed by atoms with van der Waals surface area (Å²) in [5.74, 6) is -3.84. The largest absolute Gasteiger partial charge is 0.870 e. The maximum absolute atomic E-state index is 13.2. The first-order valence-corrected chi connectivity index (χ1v) is 7.38. The molecule has 0 radical (unpaired) electrons. The molecule has 27 heavy (non-hydrogen) atoms. The van der Waals surface area contributed by atoms with Crippen molar-refractivity contribution >= 4 is 17.0 Å². The van der Waals surface area contributed by atoms with Crippen LogP contribution in [0.15, 0.2) is 35.3 Å². The van der Waals surface area contributed by atoms with Gasteiger partial charge in [0.2, 0.25) is 0 Å². The lowest BCUT2D eigenvalue weighted by atomic mass is 9.99. The Kier molecular flexibility index (Phi) is 4.34. The van der Waals surface area contributed by atoms with Crippen LogP contribution >= 0.6 is 0 Å². The van der Waals surface area contributed by atoms with E-state index in [2.05, 4.69) is 9.97 Å². The first-order chi connectivity index (χ1) is 12.6. The summed E-state index contributed by atoms with van der Waals surface area (Å²) < 4.78 is 52.4. The Morgan fingerprint density at radius 2 is 1.96 bits per heavy atom. The van der Waals surface area contributed by atoms with Crippen molar-refractivity contribution in [2.24, 2.45) is 0 Å². The van der Waals surface area contributed by atoms with Gasteiger partial charge in [-0.15, -0.1) is 0 Å². The summed E-state index contributed by atoms with van der Waals surface area (Å²) in [6.45, 7) is 0. The molecule has 1 aromatic carbocycles. The van der Waals surface area contributed by atoms with Gasteiger partial charge in [-0.2, -0.15) is 13.2 Å². The molecule has 2 aromatic heterocycles. The summed E-state index contributed by atoms with van der Waals surface area (Å²) in [5.41, 5.74) is -3.75. The van der Waals surface area contributed by atoms with Crippen LogP contribution in [0.2, 0.25) is 0 Å². The number of carboxylic acid groups (broad SMARTS) is 1. The lowest BCUT2D eigenvalue weighted by Gasteiger charge is -2.15. The first kappa shape index (κ1) is 18.4. The smallest absolute Gasteiger partial charge is 0.416 e. The second kappa shape index (κ2) is 6.38. The van der Waals surface area contributed by atoms with Crippen LogP contribution in [0.3, 0.4) is 0 Å². The fraction of sp³-hybridized carbons (Fsp3) is 0.118. The number of H-pyrrole nitrogens is 1. The fourth-order valence-electron chi connectivity index (χ4n) is 2.67. The number of carbonyl (C=O) groups is 1. The van der Waals surface area contributed by atoms with Crippen molar-refractivity contribution < 1.29 is 32.6 Å². The van der Waals surface area contributed by atoms with Gasteiger partial charge in [-0.05, 0) is 35.7 Å². The molecule has 0 unspecified atom stereocenters. The first-order valence-electron chi connectivity index (χ1n) is 7.38. The van der Waals surface area contributed by atoms with Gasteiger partial charge in [0.05, 0.1) is 16.6 Å². The zero-order chi connectivity index (χ0) is 19.9. The Balaban J connectivity index is 2.09. The Hall–Kier alpha value is -3.43. The molecule has 10 heteroatoms. The van der Waals surface area contributed by atoms with E-state index in [1.54, 1.807) is 0 Å². The molecule has 0 atom stereocenters. The van der Waals surface area contributed by atoms with Gasteiger partial charge in [-0.1, -0.05) is 11.8 Å². The van der Waals surface area contributed by atoms with Crippen LogP contribution in [0, 0.1) is 5.82 Å². The molecule has 140 valence electrons. The van der Waals surface area contributed by atoms with E-state index in [4.69, 9.17) is 5.11 Å². The average Bonchev–Trinajstić information content (AvgIpc) is 2.55. The van der Waals surface area contributed by atoms with Gasteiger partial charge in [0.25, 0.3) is 5.56 Å². The summed E-state index contributed by atoms with van der Waals surface area (Å²) in [7, 11) is 0. The highest BCUT2D eigenvalue weighted by Crippen LogP contribution is 2.33. The number of fused-ring (bicyclic) bond motifs is 1. The van der Waals surface area contributed by atoms with Crippen molar-refractivity contribution in [3.63, 3.8) is 0 Å².